The van der Waals surface area contributed by atoms with E-state index >= 15 is 0 Å². The number of carbonyl (C=O) groups excluding carboxylic acids is 1. The zero-order valence-corrected chi connectivity index (χ0v) is 19.2. The number of hydrogen-bond acceptors (Lipinski definition) is 5. The van der Waals surface area contributed by atoms with Crippen molar-refractivity contribution in [2.24, 2.45) is 0 Å². The highest BCUT2D eigenvalue weighted by Gasteiger charge is 2.28. The van der Waals surface area contributed by atoms with Crippen molar-refractivity contribution in [1.82, 2.24) is 5.32 Å². The summed E-state index contributed by atoms with van der Waals surface area (Å²) in [7, 11) is -3.90. The van der Waals surface area contributed by atoms with Crippen molar-refractivity contribution in [3.8, 4) is 0 Å². The van der Waals surface area contributed by atoms with Crippen LogP contribution in [0.25, 0.3) is 0 Å². The third-order valence-electron chi connectivity index (χ3n) is 4.64. The van der Waals surface area contributed by atoms with Gasteiger partial charge in [-0.1, -0.05) is 30.3 Å². The highest BCUT2D eigenvalue weighted by Crippen LogP contribution is 2.27. The molecule has 0 spiro atoms. The minimum atomic E-state index is -3.90. The second kappa shape index (κ2) is 10.5. The van der Waals surface area contributed by atoms with Crippen molar-refractivity contribution >= 4 is 33.4 Å². The molecule has 3 rings (SSSR count). The first-order valence-electron chi connectivity index (χ1n) is 9.90. The summed E-state index contributed by atoms with van der Waals surface area (Å²) in [5, 5.41) is 2.82. The number of nitrogens with zero attached hydrogens (tertiary/aromatic N) is 1. The number of carbonyl (C=O) groups is 1. The lowest BCUT2D eigenvalue weighted by Crippen LogP contribution is -2.41. The van der Waals surface area contributed by atoms with E-state index in [1.54, 1.807) is 42.3 Å². The molecule has 164 valence electrons. The van der Waals surface area contributed by atoms with Gasteiger partial charge in [-0.05, 0) is 55.3 Å². The first-order valence-corrected chi connectivity index (χ1v) is 12.5. The molecule has 0 aliphatic carbocycles. The Morgan fingerprint density at radius 3 is 2.55 bits per heavy atom. The molecule has 0 fully saturated rings. The van der Waals surface area contributed by atoms with Gasteiger partial charge in [-0.25, -0.2) is 8.42 Å². The summed E-state index contributed by atoms with van der Waals surface area (Å²) in [6.45, 7) is 3.89. The van der Waals surface area contributed by atoms with E-state index in [-0.39, 0.29) is 17.3 Å². The number of furan rings is 1. The molecule has 31 heavy (non-hydrogen) atoms. The SMILES string of the molecule is Cc1ccc(C)c(N(CC(=O)NCCSCc2ccco2)S(=O)(=O)c2ccccc2)c1. The van der Waals surface area contributed by atoms with E-state index in [0.29, 0.717) is 18.0 Å². The van der Waals surface area contributed by atoms with E-state index in [9.17, 15) is 13.2 Å². The quantitative estimate of drug-likeness (QED) is 0.462. The van der Waals surface area contributed by atoms with Crippen LogP contribution in [0.15, 0.2) is 76.2 Å². The van der Waals surface area contributed by atoms with Crippen LogP contribution in [0, 0.1) is 13.8 Å². The summed E-state index contributed by atoms with van der Waals surface area (Å²) in [5.41, 5.74) is 2.21. The van der Waals surface area contributed by atoms with Crippen molar-refractivity contribution in [2.75, 3.05) is 23.1 Å². The predicted octanol–water partition coefficient (Wildman–Crippen LogP) is 4.14. The molecule has 0 aliphatic heterocycles. The molecule has 0 bridgehead atoms. The van der Waals surface area contributed by atoms with Crippen molar-refractivity contribution in [3.63, 3.8) is 0 Å². The molecule has 0 atom stereocenters. The smallest absolute Gasteiger partial charge is 0.264 e. The zero-order chi connectivity index (χ0) is 22.3. The number of aryl methyl sites for hydroxylation is 2. The normalized spacial score (nSPS) is 11.3. The Kier molecular flexibility index (Phi) is 7.81. The number of hydrogen-bond donors (Lipinski definition) is 1. The standard InChI is InChI=1S/C23H26N2O4S2/c1-18-10-11-19(2)22(15-18)25(31(27,28)21-8-4-3-5-9-21)16-23(26)24-12-14-30-17-20-7-6-13-29-20/h3-11,13,15H,12,14,16-17H2,1-2H3,(H,24,26). The van der Waals surface area contributed by atoms with Crippen LogP contribution in [0.2, 0.25) is 0 Å². The Hall–Kier alpha value is -2.71. The molecule has 0 saturated heterocycles. The first kappa shape index (κ1) is 23.0. The molecule has 6 nitrogen and oxygen atoms in total. The molecule has 0 aliphatic rings. The number of rotatable bonds is 10. The van der Waals surface area contributed by atoms with E-state index in [4.69, 9.17) is 4.42 Å². The van der Waals surface area contributed by atoms with Crippen LogP contribution >= 0.6 is 11.8 Å². The van der Waals surface area contributed by atoms with E-state index in [1.165, 1.54) is 16.4 Å². The second-order valence-electron chi connectivity index (χ2n) is 7.10. The van der Waals surface area contributed by atoms with Gasteiger partial charge >= 0.3 is 0 Å². The second-order valence-corrected chi connectivity index (χ2v) is 10.1. The number of nitrogens with one attached hydrogen (secondary N) is 1. The minimum Gasteiger partial charge on any atom is -0.468 e. The average molecular weight is 459 g/mol. The van der Waals surface area contributed by atoms with Crippen LogP contribution in [0.3, 0.4) is 0 Å². The number of anilines is 1. The van der Waals surface area contributed by atoms with Crippen LogP contribution in [0.4, 0.5) is 5.69 Å². The van der Waals surface area contributed by atoms with Crippen LogP contribution in [-0.4, -0.2) is 33.2 Å². The average Bonchev–Trinajstić information content (AvgIpc) is 3.28. The van der Waals surface area contributed by atoms with Crippen LogP contribution in [-0.2, 0) is 20.6 Å². The third-order valence-corrected chi connectivity index (χ3v) is 7.40. The Morgan fingerprint density at radius 1 is 1.06 bits per heavy atom. The molecule has 1 aromatic heterocycles. The predicted molar refractivity (Wildman–Crippen MR) is 125 cm³/mol. The lowest BCUT2D eigenvalue weighted by molar-refractivity contribution is -0.119. The molecular formula is C23H26N2O4S2. The van der Waals surface area contributed by atoms with Gasteiger partial charge in [-0.3, -0.25) is 9.10 Å². The third kappa shape index (κ3) is 6.15. The van der Waals surface area contributed by atoms with Crippen LogP contribution in [0.1, 0.15) is 16.9 Å². The number of benzene rings is 2. The molecule has 3 aromatic rings. The summed E-state index contributed by atoms with van der Waals surface area (Å²) < 4.78 is 33.2. The summed E-state index contributed by atoms with van der Waals surface area (Å²) >= 11 is 1.63. The minimum absolute atomic E-state index is 0.151. The van der Waals surface area contributed by atoms with E-state index in [0.717, 1.165) is 22.6 Å². The van der Waals surface area contributed by atoms with Gasteiger partial charge in [-0.15, -0.1) is 0 Å². The number of thioether (sulfide) groups is 1. The fraction of sp³-hybridized carbons (Fsp3) is 0.261. The van der Waals surface area contributed by atoms with E-state index in [2.05, 4.69) is 5.32 Å². The van der Waals surface area contributed by atoms with Gasteiger partial charge in [0.1, 0.15) is 12.3 Å². The van der Waals surface area contributed by atoms with Crippen molar-refractivity contribution in [3.05, 3.63) is 83.8 Å². The Morgan fingerprint density at radius 2 is 1.84 bits per heavy atom. The molecule has 1 heterocycles. The highest BCUT2D eigenvalue weighted by molar-refractivity contribution is 7.98. The van der Waals surface area contributed by atoms with Crippen LogP contribution in [0.5, 0.6) is 0 Å². The van der Waals surface area contributed by atoms with E-state index in [1.807, 2.05) is 38.1 Å². The van der Waals surface area contributed by atoms with Gasteiger partial charge < -0.3 is 9.73 Å². The van der Waals surface area contributed by atoms with Gasteiger partial charge in [-0.2, -0.15) is 11.8 Å². The molecule has 2 aromatic carbocycles. The fourth-order valence-electron chi connectivity index (χ4n) is 3.02. The van der Waals surface area contributed by atoms with Crippen LogP contribution < -0.4 is 9.62 Å². The van der Waals surface area contributed by atoms with Gasteiger partial charge in [0.2, 0.25) is 5.91 Å². The maximum absolute atomic E-state index is 13.4. The highest BCUT2D eigenvalue weighted by atomic mass is 32.2. The zero-order valence-electron chi connectivity index (χ0n) is 17.6. The maximum Gasteiger partial charge on any atom is 0.264 e. The molecule has 0 unspecified atom stereocenters. The van der Waals surface area contributed by atoms with E-state index < -0.39 is 10.0 Å². The van der Waals surface area contributed by atoms with Gasteiger partial charge in [0.05, 0.1) is 22.6 Å². The van der Waals surface area contributed by atoms with Crippen molar-refractivity contribution in [1.29, 1.82) is 0 Å². The summed E-state index contributed by atoms with van der Waals surface area (Å²) in [6.07, 6.45) is 1.63. The van der Waals surface area contributed by atoms with Gasteiger partial charge in [0.25, 0.3) is 10.0 Å². The Bertz CT molecular complexity index is 1100. The van der Waals surface area contributed by atoms with Crippen molar-refractivity contribution < 1.29 is 17.6 Å². The molecule has 0 saturated carbocycles. The first-order chi connectivity index (χ1) is 14.9. The molecule has 1 amide bonds. The Balaban J connectivity index is 1.71. The maximum atomic E-state index is 13.4. The number of amides is 1. The molecule has 0 radical (unpaired) electrons. The Labute approximate surface area is 187 Å². The fourth-order valence-corrected chi connectivity index (χ4v) is 5.28. The largest absolute Gasteiger partial charge is 0.468 e. The molecule has 8 heteroatoms. The molecule has 1 N–H and O–H groups in total. The monoisotopic (exact) mass is 458 g/mol. The van der Waals surface area contributed by atoms with Gasteiger partial charge in [0.15, 0.2) is 0 Å². The lowest BCUT2D eigenvalue weighted by atomic mass is 10.1. The van der Waals surface area contributed by atoms with Crippen molar-refractivity contribution in [2.45, 2.75) is 24.5 Å². The number of sulfonamides is 1. The summed E-state index contributed by atoms with van der Waals surface area (Å²) in [6, 6.07) is 17.5. The summed E-state index contributed by atoms with van der Waals surface area (Å²) in [5.74, 6) is 1.95. The summed E-state index contributed by atoms with van der Waals surface area (Å²) in [4.78, 5) is 12.8. The molecular weight excluding hydrogens is 432 g/mol. The topological polar surface area (TPSA) is 79.6 Å². The lowest BCUT2D eigenvalue weighted by Gasteiger charge is -2.26. The van der Waals surface area contributed by atoms with Gasteiger partial charge in [0, 0.05) is 12.3 Å².